The van der Waals surface area contributed by atoms with Gasteiger partial charge in [-0.25, -0.2) is 4.79 Å². The highest BCUT2D eigenvalue weighted by Crippen LogP contribution is 2.65. The summed E-state index contributed by atoms with van der Waals surface area (Å²) in [6, 6.07) is 0. The third-order valence-corrected chi connectivity index (χ3v) is 5.32. The molecular formula is C15H20O5. The molecule has 0 aromatic rings. The fraction of sp³-hybridized carbons (Fsp3) is 0.733. The molecule has 110 valence electrons. The van der Waals surface area contributed by atoms with E-state index in [2.05, 4.69) is 0 Å². The van der Waals surface area contributed by atoms with Crippen LogP contribution in [-0.4, -0.2) is 36.9 Å². The lowest BCUT2D eigenvalue weighted by molar-refractivity contribution is -0.160. The zero-order valence-corrected chi connectivity index (χ0v) is 12.0. The first kappa shape index (κ1) is 13.6. The van der Waals surface area contributed by atoms with E-state index in [1.54, 1.807) is 0 Å². The average Bonchev–Trinajstić information content (AvgIpc) is 2.77. The predicted molar refractivity (Wildman–Crippen MR) is 69.5 cm³/mol. The van der Waals surface area contributed by atoms with Gasteiger partial charge in [-0.2, -0.15) is 0 Å². The maximum Gasteiger partial charge on any atom is 0.333 e. The molecular weight excluding hydrogens is 260 g/mol. The van der Waals surface area contributed by atoms with Crippen LogP contribution in [0.25, 0.3) is 0 Å². The van der Waals surface area contributed by atoms with Crippen molar-refractivity contribution in [3.8, 4) is 0 Å². The van der Waals surface area contributed by atoms with Crippen LogP contribution in [0.2, 0.25) is 0 Å². The van der Waals surface area contributed by atoms with Crippen molar-refractivity contribution in [1.29, 1.82) is 0 Å². The molecule has 0 aromatic carbocycles. The molecule has 3 aliphatic rings. The van der Waals surface area contributed by atoms with E-state index in [4.69, 9.17) is 9.47 Å². The molecule has 0 bridgehead atoms. The van der Waals surface area contributed by atoms with Crippen LogP contribution < -0.4 is 0 Å². The average molecular weight is 280 g/mol. The number of methoxy groups -OCH3 is 1. The second-order valence-corrected chi connectivity index (χ2v) is 6.90. The SMILES string of the molecule is COC(=O)C1=C[C@@H]2[C@@H](O)C(C)(C)CC23CC(=O)OC[C@@H]13. The molecule has 0 amide bonds. The number of esters is 2. The molecule has 2 aliphatic carbocycles. The Morgan fingerprint density at radius 1 is 1.50 bits per heavy atom. The van der Waals surface area contributed by atoms with Gasteiger partial charge >= 0.3 is 11.9 Å². The minimum atomic E-state index is -0.557. The summed E-state index contributed by atoms with van der Waals surface area (Å²) in [5, 5.41) is 10.6. The molecule has 5 heteroatoms. The first-order valence-corrected chi connectivity index (χ1v) is 6.95. The number of hydrogen-bond donors (Lipinski definition) is 1. The van der Waals surface area contributed by atoms with Crippen LogP contribution in [0, 0.1) is 22.7 Å². The topological polar surface area (TPSA) is 72.8 Å². The van der Waals surface area contributed by atoms with Gasteiger partial charge in [0.25, 0.3) is 0 Å². The van der Waals surface area contributed by atoms with Gasteiger partial charge < -0.3 is 14.6 Å². The van der Waals surface area contributed by atoms with Crippen LogP contribution >= 0.6 is 0 Å². The van der Waals surface area contributed by atoms with Crippen LogP contribution in [0.4, 0.5) is 0 Å². The molecule has 1 aliphatic heterocycles. The monoisotopic (exact) mass is 280 g/mol. The molecule has 3 rings (SSSR count). The highest BCUT2D eigenvalue weighted by atomic mass is 16.5. The fourth-order valence-electron chi connectivity index (χ4n) is 4.49. The molecule has 5 nitrogen and oxygen atoms in total. The molecule has 0 radical (unpaired) electrons. The Kier molecular flexibility index (Phi) is 2.77. The van der Waals surface area contributed by atoms with E-state index < -0.39 is 6.10 Å². The molecule has 2 fully saturated rings. The van der Waals surface area contributed by atoms with Gasteiger partial charge in [0.1, 0.15) is 0 Å². The van der Waals surface area contributed by atoms with Gasteiger partial charge in [0.2, 0.25) is 0 Å². The predicted octanol–water partition coefficient (Wildman–Crippen LogP) is 1.06. The number of carbonyl (C=O) groups is 2. The van der Waals surface area contributed by atoms with Gasteiger partial charge in [-0.3, -0.25) is 4.79 Å². The van der Waals surface area contributed by atoms with Crippen molar-refractivity contribution in [2.75, 3.05) is 13.7 Å². The largest absolute Gasteiger partial charge is 0.466 e. The molecule has 1 heterocycles. The number of cyclic esters (lactones) is 1. The van der Waals surface area contributed by atoms with E-state index in [0.717, 1.165) is 0 Å². The summed E-state index contributed by atoms with van der Waals surface area (Å²) in [7, 11) is 1.35. The van der Waals surface area contributed by atoms with E-state index in [1.807, 2.05) is 19.9 Å². The van der Waals surface area contributed by atoms with Gasteiger partial charge in [-0.15, -0.1) is 0 Å². The molecule has 1 N–H and O–H groups in total. The second-order valence-electron chi connectivity index (χ2n) is 6.90. The zero-order valence-electron chi connectivity index (χ0n) is 12.0. The number of carbonyl (C=O) groups excluding carboxylic acids is 2. The van der Waals surface area contributed by atoms with Gasteiger partial charge in [-0.05, 0) is 11.8 Å². The van der Waals surface area contributed by atoms with Crippen molar-refractivity contribution in [3.05, 3.63) is 11.6 Å². The van der Waals surface area contributed by atoms with Crippen molar-refractivity contribution in [2.45, 2.75) is 32.8 Å². The number of hydrogen-bond acceptors (Lipinski definition) is 5. The summed E-state index contributed by atoms with van der Waals surface area (Å²) in [5.41, 5.74) is -0.0972. The lowest BCUT2D eigenvalue weighted by atomic mass is 9.67. The Morgan fingerprint density at radius 3 is 2.85 bits per heavy atom. The summed E-state index contributed by atoms with van der Waals surface area (Å²) >= 11 is 0. The Balaban J connectivity index is 2.06. The van der Waals surface area contributed by atoms with E-state index in [-0.39, 0.29) is 47.6 Å². The molecule has 4 atom stereocenters. The zero-order chi connectivity index (χ0) is 14.7. The lowest BCUT2D eigenvalue weighted by Crippen LogP contribution is -2.42. The summed E-state index contributed by atoms with van der Waals surface area (Å²) in [4.78, 5) is 23.7. The number of ether oxygens (including phenoxy) is 2. The van der Waals surface area contributed by atoms with E-state index >= 15 is 0 Å². The summed E-state index contributed by atoms with van der Waals surface area (Å²) < 4.78 is 9.98. The van der Waals surface area contributed by atoms with Gasteiger partial charge in [-0.1, -0.05) is 19.9 Å². The van der Waals surface area contributed by atoms with Crippen molar-refractivity contribution >= 4 is 11.9 Å². The first-order valence-electron chi connectivity index (χ1n) is 6.95. The normalized spacial score (nSPS) is 41.5. The Labute approximate surface area is 117 Å². The van der Waals surface area contributed by atoms with E-state index in [9.17, 15) is 14.7 Å². The van der Waals surface area contributed by atoms with Gasteiger partial charge in [0.15, 0.2) is 0 Å². The number of aliphatic hydroxyl groups is 1. The van der Waals surface area contributed by atoms with Gasteiger partial charge in [0, 0.05) is 22.8 Å². The summed E-state index contributed by atoms with van der Waals surface area (Å²) in [5.74, 6) is -0.957. The minimum Gasteiger partial charge on any atom is -0.466 e. The fourth-order valence-corrected chi connectivity index (χ4v) is 4.49. The smallest absolute Gasteiger partial charge is 0.333 e. The van der Waals surface area contributed by atoms with Crippen molar-refractivity contribution in [3.63, 3.8) is 0 Å². The van der Waals surface area contributed by atoms with Crippen LogP contribution in [-0.2, 0) is 19.1 Å². The maximum atomic E-state index is 11.9. The molecule has 0 aromatic heterocycles. The van der Waals surface area contributed by atoms with Crippen LogP contribution in [0.3, 0.4) is 0 Å². The molecule has 1 unspecified atom stereocenters. The first-order chi connectivity index (χ1) is 9.32. The van der Waals surface area contributed by atoms with Crippen LogP contribution in [0.5, 0.6) is 0 Å². The maximum absolute atomic E-state index is 11.9. The Hall–Kier alpha value is -1.36. The summed E-state index contributed by atoms with van der Waals surface area (Å²) in [6.07, 6.45) is 2.23. The van der Waals surface area contributed by atoms with Crippen molar-refractivity contribution in [2.24, 2.45) is 22.7 Å². The molecule has 1 saturated carbocycles. The van der Waals surface area contributed by atoms with E-state index in [1.165, 1.54) is 7.11 Å². The van der Waals surface area contributed by atoms with Crippen LogP contribution in [0.15, 0.2) is 11.6 Å². The number of rotatable bonds is 1. The highest BCUT2D eigenvalue weighted by molar-refractivity contribution is 5.91. The van der Waals surface area contributed by atoms with Crippen molar-refractivity contribution < 1.29 is 24.2 Å². The van der Waals surface area contributed by atoms with E-state index in [0.29, 0.717) is 12.0 Å². The second kappa shape index (κ2) is 4.07. The van der Waals surface area contributed by atoms with Crippen molar-refractivity contribution in [1.82, 2.24) is 0 Å². The Morgan fingerprint density at radius 2 is 2.20 bits per heavy atom. The van der Waals surface area contributed by atoms with Crippen LogP contribution in [0.1, 0.15) is 26.7 Å². The standard InChI is InChI=1S/C15H20O5/c1-14(2)7-15-5-11(16)20-6-10(15)8(13(18)19-3)4-9(15)12(14)17/h4,9-10,12,17H,5-7H2,1-3H3/t9-,10+,12-,15?/m1/s1. The Bertz CT molecular complexity index is 506. The lowest BCUT2D eigenvalue weighted by Gasteiger charge is -2.40. The molecule has 1 saturated heterocycles. The summed E-state index contributed by atoms with van der Waals surface area (Å²) in [6.45, 7) is 4.22. The molecule has 1 spiro atoms. The molecule has 20 heavy (non-hydrogen) atoms. The quantitative estimate of drug-likeness (QED) is 0.727. The third-order valence-electron chi connectivity index (χ3n) is 5.32. The van der Waals surface area contributed by atoms with Gasteiger partial charge in [0.05, 0.1) is 26.2 Å². The third kappa shape index (κ3) is 1.59. The number of aliphatic hydroxyl groups excluding tert-OH is 1. The minimum absolute atomic E-state index is 0.158. The highest BCUT2D eigenvalue weighted by Gasteiger charge is 2.65.